The number of nitrogens with two attached hydrogens (primary N) is 2. The molecule has 0 bridgehead atoms. The molecule has 0 saturated heterocycles. The van der Waals surface area contributed by atoms with E-state index in [4.69, 9.17) is 16.2 Å². The van der Waals surface area contributed by atoms with Crippen molar-refractivity contribution >= 4 is 33.3 Å². The first-order valence-corrected chi connectivity index (χ1v) is 6.81. The van der Waals surface area contributed by atoms with E-state index in [1.165, 1.54) is 13.2 Å². The lowest BCUT2D eigenvalue weighted by atomic mass is 9.95. The minimum Gasteiger partial charge on any atom is -0.496 e. The van der Waals surface area contributed by atoms with Gasteiger partial charge in [0.1, 0.15) is 5.75 Å². The molecule has 0 spiro atoms. The topological polar surface area (TPSA) is 95.4 Å². The third-order valence-electron chi connectivity index (χ3n) is 2.98. The van der Waals surface area contributed by atoms with Gasteiger partial charge >= 0.3 is 0 Å². The summed E-state index contributed by atoms with van der Waals surface area (Å²) in [5.74, 6) is -0.729. The van der Waals surface area contributed by atoms with Gasteiger partial charge in [-0.25, -0.2) is 0 Å². The van der Waals surface area contributed by atoms with Crippen LogP contribution in [0.3, 0.4) is 0 Å². The van der Waals surface area contributed by atoms with Crippen LogP contribution in [0.1, 0.15) is 26.3 Å². The molecule has 2 rings (SSSR count). The fourth-order valence-corrected chi connectivity index (χ4v) is 2.52. The molecule has 1 amide bonds. The predicted molar refractivity (Wildman–Crippen MR) is 83.5 cm³/mol. The Balaban J connectivity index is 2.66. The summed E-state index contributed by atoms with van der Waals surface area (Å²) in [6, 6.07) is 9.74. The molecule has 0 aliphatic heterocycles. The molecule has 5 nitrogen and oxygen atoms in total. The van der Waals surface area contributed by atoms with E-state index in [0.717, 1.165) is 0 Å². The predicted octanol–water partition coefficient (Wildman–Crippen LogP) is 2.37. The Bertz CT molecular complexity index is 729. The lowest BCUT2D eigenvalue weighted by Gasteiger charge is -2.12. The van der Waals surface area contributed by atoms with Gasteiger partial charge in [-0.15, -0.1) is 0 Å². The number of nitrogen functional groups attached to an aromatic ring is 1. The molecule has 108 valence electrons. The second kappa shape index (κ2) is 5.97. The number of methoxy groups -OCH3 is 1. The molecular formula is C15H13BrN2O3. The largest absolute Gasteiger partial charge is 0.496 e. The van der Waals surface area contributed by atoms with Crippen molar-refractivity contribution in [3.63, 3.8) is 0 Å². The number of carbonyl (C=O) groups is 2. The normalized spacial score (nSPS) is 10.2. The molecule has 0 aliphatic carbocycles. The Morgan fingerprint density at radius 1 is 1.14 bits per heavy atom. The highest BCUT2D eigenvalue weighted by atomic mass is 79.9. The van der Waals surface area contributed by atoms with Crippen molar-refractivity contribution in [1.29, 1.82) is 0 Å². The molecule has 6 heteroatoms. The van der Waals surface area contributed by atoms with E-state index in [0.29, 0.717) is 15.8 Å². The molecule has 0 aliphatic rings. The van der Waals surface area contributed by atoms with Crippen molar-refractivity contribution in [3.05, 3.63) is 57.6 Å². The number of ether oxygens (including phenoxy) is 1. The van der Waals surface area contributed by atoms with Crippen LogP contribution in [-0.4, -0.2) is 18.8 Å². The third-order valence-corrected chi connectivity index (χ3v) is 3.44. The van der Waals surface area contributed by atoms with E-state index < -0.39 is 11.7 Å². The van der Waals surface area contributed by atoms with Gasteiger partial charge < -0.3 is 16.2 Å². The molecule has 0 atom stereocenters. The fourth-order valence-electron chi connectivity index (χ4n) is 2.04. The van der Waals surface area contributed by atoms with Gasteiger partial charge in [0, 0.05) is 10.2 Å². The third kappa shape index (κ3) is 2.90. The maximum Gasteiger partial charge on any atom is 0.249 e. The number of amides is 1. The van der Waals surface area contributed by atoms with Crippen LogP contribution in [0.5, 0.6) is 5.75 Å². The molecule has 4 N–H and O–H groups in total. The number of hydrogen-bond acceptors (Lipinski definition) is 4. The highest BCUT2D eigenvalue weighted by Gasteiger charge is 2.23. The number of anilines is 1. The number of ketones is 1. The first-order chi connectivity index (χ1) is 9.95. The zero-order chi connectivity index (χ0) is 15.6. The lowest BCUT2D eigenvalue weighted by Crippen LogP contribution is -2.19. The van der Waals surface area contributed by atoms with Crippen LogP contribution in [0.25, 0.3) is 0 Å². The Hall–Kier alpha value is -2.34. The van der Waals surface area contributed by atoms with Gasteiger partial charge in [0.2, 0.25) is 5.91 Å². The van der Waals surface area contributed by atoms with E-state index in [1.54, 1.807) is 30.3 Å². The first kappa shape index (κ1) is 15.1. The molecule has 0 radical (unpaired) electrons. The maximum atomic E-state index is 12.7. The molecule has 0 unspecified atom stereocenters. The molecule has 0 heterocycles. The van der Waals surface area contributed by atoms with E-state index in [-0.39, 0.29) is 16.8 Å². The summed E-state index contributed by atoms with van der Waals surface area (Å²) in [5.41, 5.74) is 11.9. The van der Waals surface area contributed by atoms with Crippen molar-refractivity contribution in [2.24, 2.45) is 5.73 Å². The summed E-state index contributed by atoms with van der Waals surface area (Å²) in [6.07, 6.45) is 0. The average Bonchev–Trinajstić information content (AvgIpc) is 2.45. The van der Waals surface area contributed by atoms with Crippen molar-refractivity contribution in [2.75, 3.05) is 12.8 Å². The van der Waals surface area contributed by atoms with Gasteiger partial charge in [-0.1, -0.05) is 28.1 Å². The number of rotatable bonds is 4. The minimum absolute atomic E-state index is 0.0674. The van der Waals surface area contributed by atoms with Gasteiger partial charge in [-0.2, -0.15) is 0 Å². The molecule has 0 aromatic heterocycles. The summed E-state index contributed by atoms with van der Waals surface area (Å²) in [6.45, 7) is 0. The summed E-state index contributed by atoms with van der Waals surface area (Å²) < 4.78 is 5.74. The van der Waals surface area contributed by atoms with Crippen LogP contribution < -0.4 is 16.2 Å². The van der Waals surface area contributed by atoms with Crippen LogP contribution >= 0.6 is 15.9 Å². The zero-order valence-electron chi connectivity index (χ0n) is 11.2. The number of carbonyl (C=O) groups excluding carboxylic acids is 2. The molecule has 2 aromatic rings. The molecule has 0 saturated carbocycles. The van der Waals surface area contributed by atoms with Crippen molar-refractivity contribution < 1.29 is 14.3 Å². The SMILES string of the molecule is COc1ccccc1C(=O)c1c(N)cc(Br)cc1C(N)=O. The average molecular weight is 349 g/mol. The van der Waals surface area contributed by atoms with Crippen molar-refractivity contribution in [2.45, 2.75) is 0 Å². The Morgan fingerprint density at radius 2 is 1.81 bits per heavy atom. The minimum atomic E-state index is -0.721. The molecule has 0 fully saturated rings. The summed E-state index contributed by atoms with van der Waals surface area (Å²) >= 11 is 3.23. The first-order valence-electron chi connectivity index (χ1n) is 6.02. The molecular weight excluding hydrogens is 336 g/mol. The maximum absolute atomic E-state index is 12.7. The molecule has 2 aromatic carbocycles. The fraction of sp³-hybridized carbons (Fsp3) is 0.0667. The number of para-hydroxylation sites is 1. The van der Waals surface area contributed by atoms with E-state index in [2.05, 4.69) is 15.9 Å². The van der Waals surface area contributed by atoms with Gasteiger partial charge in [0.15, 0.2) is 5.78 Å². The smallest absolute Gasteiger partial charge is 0.249 e. The monoisotopic (exact) mass is 348 g/mol. The van der Waals surface area contributed by atoms with Crippen LogP contribution in [0.15, 0.2) is 40.9 Å². The van der Waals surface area contributed by atoms with E-state index in [9.17, 15) is 9.59 Å². The van der Waals surface area contributed by atoms with Crippen molar-refractivity contribution in [3.8, 4) is 5.75 Å². The molecule has 21 heavy (non-hydrogen) atoms. The second-order valence-electron chi connectivity index (χ2n) is 4.31. The lowest BCUT2D eigenvalue weighted by molar-refractivity contribution is 0.0980. The Kier molecular flexibility index (Phi) is 4.28. The van der Waals surface area contributed by atoms with Gasteiger partial charge in [-0.05, 0) is 24.3 Å². The number of hydrogen-bond donors (Lipinski definition) is 2. The summed E-state index contributed by atoms with van der Waals surface area (Å²) in [5, 5.41) is 0. The Morgan fingerprint density at radius 3 is 2.43 bits per heavy atom. The van der Waals surface area contributed by atoms with Crippen LogP contribution in [0.2, 0.25) is 0 Å². The van der Waals surface area contributed by atoms with Crippen LogP contribution in [-0.2, 0) is 0 Å². The van der Waals surface area contributed by atoms with Crippen molar-refractivity contribution in [1.82, 2.24) is 0 Å². The quantitative estimate of drug-likeness (QED) is 0.654. The Labute approximate surface area is 130 Å². The van der Waals surface area contributed by atoms with E-state index in [1.807, 2.05) is 0 Å². The van der Waals surface area contributed by atoms with E-state index >= 15 is 0 Å². The van der Waals surface area contributed by atoms with Gasteiger partial charge in [-0.3, -0.25) is 9.59 Å². The highest BCUT2D eigenvalue weighted by Crippen LogP contribution is 2.29. The highest BCUT2D eigenvalue weighted by molar-refractivity contribution is 9.10. The second-order valence-corrected chi connectivity index (χ2v) is 5.23. The number of primary amides is 1. The standard InChI is InChI=1S/C15H13BrN2O3/c1-21-12-5-3-2-4-9(12)14(19)13-10(15(18)20)6-8(16)7-11(13)17/h2-7H,17H2,1H3,(H2,18,20). The zero-order valence-corrected chi connectivity index (χ0v) is 12.8. The summed E-state index contributed by atoms with van der Waals surface area (Å²) in [4.78, 5) is 24.3. The number of halogens is 1. The summed E-state index contributed by atoms with van der Waals surface area (Å²) in [7, 11) is 1.46. The number of benzene rings is 2. The van der Waals surface area contributed by atoms with Gasteiger partial charge in [0.25, 0.3) is 0 Å². The van der Waals surface area contributed by atoms with Gasteiger partial charge in [0.05, 0.1) is 23.8 Å². The van der Waals surface area contributed by atoms with Crippen LogP contribution in [0, 0.1) is 0 Å². The van der Waals surface area contributed by atoms with Crippen LogP contribution in [0.4, 0.5) is 5.69 Å².